The van der Waals surface area contributed by atoms with Crippen LogP contribution in [0.1, 0.15) is 5.56 Å². The Balaban J connectivity index is 1.92. The maximum absolute atomic E-state index is 12.5. The Labute approximate surface area is 147 Å². The molecule has 0 aliphatic carbocycles. The van der Waals surface area contributed by atoms with E-state index in [9.17, 15) is 18.0 Å². The van der Waals surface area contributed by atoms with E-state index in [4.69, 9.17) is 5.26 Å². The minimum absolute atomic E-state index is 0.0946. The molecule has 0 aliphatic rings. The summed E-state index contributed by atoms with van der Waals surface area (Å²) in [5.74, 6) is -0.0821. The smallest absolute Gasteiger partial charge is 0.376 e. The minimum Gasteiger partial charge on any atom is -0.376 e. The quantitative estimate of drug-likeness (QED) is 0.746. The standard InChI is InChI=1S/C17H14F3N3OS/c18-17(19,20)12-5-7-13(8-6-12)22-11-16(24)23-14-3-1-2-4-15(14)25-10-9-21/h1-8,22H,10-11H2,(H,23,24). The summed E-state index contributed by atoms with van der Waals surface area (Å²) in [6.07, 6.45) is -4.39. The summed E-state index contributed by atoms with van der Waals surface area (Å²) in [6.45, 7) is -0.0946. The van der Waals surface area contributed by atoms with Crippen molar-refractivity contribution >= 4 is 29.0 Å². The first-order valence-corrected chi connectivity index (χ1v) is 8.18. The maximum atomic E-state index is 12.5. The van der Waals surface area contributed by atoms with E-state index in [2.05, 4.69) is 10.6 Å². The monoisotopic (exact) mass is 365 g/mol. The summed E-state index contributed by atoms with van der Waals surface area (Å²) in [4.78, 5) is 12.8. The summed E-state index contributed by atoms with van der Waals surface area (Å²) >= 11 is 1.30. The zero-order chi connectivity index (χ0) is 18.3. The van der Waals surface area contributed by atoms with E-state index in [0.29, 0.717) is 11.4 Å². The first kappa shape index (κ1) is 18.7. The Morgan fingerprint density at radius 2 is 1.80 bits per heavy atom. The second-order valence-electron chi connectivity index (χ2n) is 4.92. The molecule has 0 radical (unpaired) electrons. The number of carbonyl (C=O) groups excluding carboxylic acids is 1. The SMILES string of the molecule is N#CCSc1ccccc1NC(=O)CNc1ccc(C(F)(F)F)cc1. The van der Waals surface area contributed by atoms with Crippen LogP contribution in [-0.4, -0.2) is 18.2 Å². The summed E-state index contributed by atoms with van der Waals surface area (Å²) in [5.41, 5.74) is 0.253. The molecule has 25 heavy (non-hydrogen) atoms. The van der Waals surface area contributed by atoms with Gasteiger partial charge >= 0.3 is 6.18 Å². The van der Waals surface area contributed by atoms with Gasteiger partial charge in [-0.2, -0.15) is 18.4 Å². The van der Waals surface area contributed by atoms with Crippen LogP contribution in [-0.2, 0) is 11.0 Å². The molecule has 0 bridgehead atoms. The molecule has 2 aromatic carbocycles. The second kappa shape index (κ2) is 8.44. The number of rotatable bonds is 6. The van der Waals surface area contributed by atoms with Gasteiger partial charge in [-0.15, -0.1) is 11.8 Å². The number of amides is 1. The highest BCUT2D eigenvalue weighted by Gasteiger charge is 2.29. The zero-order valence-electron chi connectivity index (χ0n) is 12.9. The molecule has 0 aliphatic heterocycles. The lowest BCUT2D eigenvalue weighted by molar-refractivity contribution is -0.137. The fourth-order valence-electron chi connectivity index (χ4n) is 1.96. The molecule has 0 heterocycles. The van der Waals surface area contributed by atoms with Gasteiger partial charge in [-0.05, 0) is 36.4 Å². The summed E-state index contributed by atoms with van der Waals surface area (Å²) < 4.78 is 37.5. The van der Waals surface area contributed by atoms with Gasteiger partial charge in [-0.3, -0.25) is 4.79 Å². The molecule has 0 saturated carbocycles. The molecule has 0 spiro atoms. The fraction of sp³-hybridized carbons (Fsp3) is 0.176. The number of hydrogen-bond acceptors (Lipinski definition) is 4. The number of nitriles is 1. The molecule has 0 saturated heterocycles. The Kier molecular flexibility index (Phi) is 6.31. The molecule has 2 N–H and O–H groups in total. The number of anilines is 2. The van der Waals surface area contributed by atoms with E-state index in [1.165, 1.54) is 23.9 Å². The van der Waals surface area contributed by atoms with Crippen LogP contribution in [0.4, 0.5) is 24.5 Å². The number of nitrogens with zero attached hydrogens (tertiary/aromatic N) is 1. The van der Waals surface area contributed by atoms with Gasteiger partial charge in [-0.25, -0.2) is 0 Å². The molecular weight excluding hydrogens is 351 g/mol. The minimum atomic E-state index is -4.39. The number of nitrogens with one attached hydrogen (secondary N) is 2. The Bertz CT molecular complexity index is 770. The average Bonchev–Trinajstić information content (AvgIpc) is 2.59. The lowest BCUT2D eigenvalue weighted by Gasteiger charge is -2.11. The van der Waals surface area contributed by atoms with Gasteiger partial charge in [0.1, 0.15) is 0 Å². The lowest BCUT2D eigenvalue weighted by Crippen LogP contribution is -2.22. The number of hydrogen-bond donors (Lipinski definition) is 2. The topological polar surface area (TPSA) is 64.9 Å². The summed E-state index contributed by atoms with van der Waals surface area (Å²) in [5, 5.41) is 14.1. The molecule has 2 aromatic rings. The largest absolute Gasteiger partial charge is 0.416 e. The summed E-state index contributed by atoms with van der Waals surface area (Å²) in [6, 6.07) is 13.5. The predicted molar refractivity (Wildman–Crippen MR) is 91.3 cm³/mol. The molecule has 1 amide bonds. The van der Waals surface area contributed by atoms with Crippen LogP contribution >= 0.6 is 11.8 Å². The third-order valence-electron chi connectivity index (χ3n) is 3.12. The van der Waals surface area contributed by atoms with E-state index < -0.39 is 11.7 Å². The Morgan fingerprint density at radius 3 is 2.44 bits per heavy atom. The van der Waals surface area contributed by atoms with Gasteiger partial charge in [0.25, 0.3) is 0 Å². The van der Waals surface area contributed by atoms with Crippen LogP contribution < -0.4 is 10.6 Å². The van der Waals surface area contributed by atoms with Gasteiger partial charge in [0, 0.05) is 10.6 Å². The van der Waals surface area contributed by atoms with Gasteiger partial charge in [0.2, 0.25) is 5.91 Å². The average molecular weight is 365 g/mol. The molecule has 4 nitrogen and oxygen atoms in total. The van der Waals surface area contributed by atoms with Gasteiger partial charge in [-0.1, -0.05) is 12.1 Å². The Hall–Kier alpha value is -2.66. The van der Waals surface area contributed by atoms with Crippen molar-refractivity contribution < 1.29 is 18.0 Å². The highest BCUT2D eigenvalue weighted by Crippen LogP contribution is 2.30. The first-order valence-electron chi connectivity index (χ1n) is 7.20. The number of thioether (sulfide) groups is 1. The molecular formula is C17H14F3N3OS. The molecule has 0 fully saturated rings. The maximum Gasteiger partial charge on any atom is 0.416 e. The summed E-state index contributed by atoms with van der Waals surface area (Å²) in [7, 11) is 0. The van der Waals surface area contributed by atoms with Crippen molar-refractivity contribution in [1.29, 1.82) is 5.26 Å². The van der Waals surface area contributed by atoms with Crippen molar-refractivity contribution in [2.24, 2.45) is 0 Å². The number of benzene rings is 2. The molecule has 0 atom stereocenters. The van der Waals surface area contributed by atoms with Crippen LogP contribution in [0.2, 0.25) is 0 Å². The Morgan fingerprint density at radius 1 is 1.12 bits per heavy atom. The number of para-hydroxylation sites is 1. The fourth-order valence-corrected chi connectivity index (χ4v) is 2.63. The van der Waals surface area contributed by atoms with Crippen LogP contribution in [0.5, 0.6) is 0 Å². The van der Waals surface area contributed by atoms with Gasteiger partial charge in [0.15, 0.2) is 0 Å². The number of halogens is 3. The molecule has 130 valence electrons. The van der Waals surface area contributed by atoms with Crippen LogP contribution in [0.3, 0.4) is 0 Å². The van der Waals surface area contributed by atoms with Crippen molar-refractivity contribution in [1.82, 2.24) is 0 Å². The molecule has 8 heteroatoms. The van der Waals surface area contributed by atoms with E-state index >= 15 is 0 Å². The van der Waals surface area contributed by atoms with Crippen molar-refractivity contribution in [3.63, 3.8) is 0 Å². The first-order chi connectivity index (χ1) is 11.9. The molecule has 0 unspecified atom stereocenters. The predicted octanol–water partition coefficient (Wildman–Crippen LogP) is 4.37. The van der Waals surface area contributed by atoms with E-state index in [-0.39, 0.29) is 18.2 Å². The van der Waals surface area contributed by atoms with E-state index in [1.807, 2.05) is 6.07 Å². The van der Waals surface area contributed by atoms with Crippen molar-refractivity contribution in [3.8, 4) is 6.07 Å². The third kappa shape index (κ3) is 5.72. The van der Waals surface area contributed by atoms with E-state index in [0.717, 1.165) is 17.0 Å². The van der Waals surface area contributed by atoms with Crippen LogP contribution in [0, 0.1) is 11.3 Å². The number of carbonyl (C=O) groups is 1. The molecule has 0 aromatic heterocycles. The zero-order valence-corrected chi connectivity index (χ0v) is 13.7. The second-order valence-corrected chi connectivity index (χ2v) is 5.94. The van der Waals surface area contributed by atoms with Crippen LogP contribution in [0.15, 0.2) is 53.4 Å². The lowest BCUT2D eigenvalue weighted by atomic mass is 10.2. The highest BCUT2D eigenvalue weighted by molar-refractivity contribution is 7.99. The highest BCUT2D eigenvalue weighted by atomic mass is 32.2. The van der Waals surface area contributed by atoms with Crippen LogP contribution in [0.25, 0.3) is 0 Å². The van der Waals surface area contributed by atoms with Gasteiger partial charge < -0.3 is 10.6 Å². The third-order valence-corrected chi connectivity index (χ3v) is 4.06. The normalized spacial score (nSPS) is 10.8. The van der Waals surface area contributed by atoms with E-state index in [1.54, 1.807) is 24.3 Å². The van der Waals surface area contributed by atoms with Gasteiger partial charge in [0.05, 0.1) is 29.6 Å². The number of alkyl halides is 3. The molecule has 2 rings (SSSR count). The van der Waals surface area contributed by atoms with Crippen molar-refractivity contribution in [2.75, 3.05) is 22.9 Å². The van der Waals surface area contributed by atoms with Crippen molar-refractivity contribution in [2.45, 2.75) is 11.1 Å². The van der Waals surface area contributed by atoms with Crippen molar-refractivity contribution in [3.05, 3.63) is 54.1 Å².